The van der Waals surface area contributed by atoms with Crippen LogP contribution in [0.2, 0.25) is 0 Å². The summed E-state index contributed by atoms with van der Waals surface area (Å²) in [4.78, 5) is 35.2. The maximum absolute atomic E-state index is 12.6. The number of phenols is 1. The lowest BCUT2D eigenvalue weighted by molar-refractivity contribution is -0.419. The van der Waals surface area contributed by atoms with Crippen LogP contribution in [0, 0.1) is 10.1 Å². The zero-order valence-corrected chi connectivity index (χ0v) is 14.7. The van der Waals surface area contributed by atoms with Crippen molar-refractivity contribution >= 4 is 16.8 Å². The van der Waals surface area contributed by atoms with Crippen LogP contribution in [-0.2, 0) is 0 Å². The maximum atomic E-state index is 12.6. The topological polar surface area (TPSA) is 120 Å². The Labute approximate surface area is 158 Å². The van der Waals surface area contributed by atoms with Gasteiger partial charge in [0.2, 0.25) is 0 Å². The fourth-order valence-corrected chi connectivity index (χ4v) is 3.50. The summed E-state index contributed by atoms with van der Waals surface area (Å²) >= 11 is 0. The number of fused-ring (bicyclic) bond motifs is 3. The van der Waals surface area contributed by atoms with E-state index >= 15 is 0 Å². The monoisotopic (exact) mass is 381 g/mol. The molecule has 0 saturated carbocycles. The Hall–Kier alpha value is -3.68. The summed E-state index contributed by atoms with van der Waals surface area (Å²) in [5, 5.41) is 21.8. The molecule has 0 amide bonds. The van der Waals surface area contributed by atoms with Gasteiger partial charge in [0.1, 0.15) is 23.2 Å². The van der Waals surface area contributed by atoms with Crippen molar-refractivity contribution in [3.8, 4) is 11.5 Å². The van der Waals surface area contributed by atoms with E-state index in [1.807, 2.05) is 0 Å². The molecule has 2 atom stereocenters. The number of nitrogens with zero attached hydrogens (tertiary/aromatic N) is 1. The Bertz CT molecular complexity index is 1170. The van der Waals surface area contributed by atoms with Crippen LogP contribution in [0.5, 0.6) is 11.5 Å². The fraction of sp³-hybridized carbons (Fsp3) is 0.200. The number of hydrogen-bond donors (Lipinski definition) is 1. The molecule has 1 aliphatic heterocycles. The molecular weight excluding hydrogens is 366 g/mol. The average Bonchev–Trinajstić information content (AvgIpc) is 2.86. The standard InChI is InChI=1S/C20H15NO7/c1-10-7-14(22)19-16(27-10)9-15(23)18-13(8-17(24)28-20(18)19)11-3-2-4-12(6-5-11)21(25)26/h2-6,8-11,23H,7H2,1H3. The summed E-state index contributed by atoms with van der Waals surface area (Å²) in [7, 11) is 0. The first-order valence-corrected chi connectivity index (χ1v) is 8.60. The molecule has 28 heavy (non-hydrogen) atoms. The SMILES string of the molecule is CC1CC(=O)c2c(cc(O)c3c(C4C=CC=C([N+](=O)[O-])C=C4)cc(=O)oc23)O1. The van der Waals surface area contributed by atoms with E-state index in [0.29, 0.717) is 5.56 Å². The average molecular weight is 381 g/mol. The summed E-state index contributed by atoms with van der Waals surface area (Å²) in [6, 6.07) is 2.54. The first-order chi connectivity index (χ1) is 13.3. The minimum Gasteiger partial charge on any atom is -0.507 e. The molecule has 1 aliphatic carbocycles. The van der Waals surface area contributed by atoms with Crippen molar-refractivity contribution in [3.05, 3.63) is 79.9 Å². The number of benzene rings is 1. The number of aromatic hydroxyl groups is 1. The van der Waals surface area contributed by atoms with Gasteiger partial charge in [-0.05, 0) is 12.5 Å². The quantitative estimate of drug-likeness (QED) is 0.482. The van der Waals surface area contributed by atoms with E-state index in [1.165, 1.54) is 30.4 Å². The molecule has 1 aromatic carbocycles. The number of Topliss-reactive ketones (excluding diaryl/α,β-unsaturated/α-hetero) is 1. The van der Waals surface area contributed by atoms with Gasteiger partial charge >= 0.3 is 5.63 Å². The molecule has 1 aromatic heterocycles. The number of phenolic OH excluding ortho intramolecular Hbond substituents is 1. The number of hydrogen-bond acceptors (Lipinski definition) is 7. The molecule has 2 unspecified atom stereocenters. The highest BCUT2D eigenvalue weighted by Crippen LogP contribution is 2.42. The lowest BCUT2D eigenvalue weighted by Crippen LogP contribution is -2.24. The fourth-order valence-electron chi connectivity index (χ4n) is 3.50. The van der Waals surface area contributed by atoms with E-state index in [0.717, 1.165) is 0 Å². The highest BCUT2D eigenvalue weighted by molar-refractivity contribution is 6.11. The Balaban J connectivity index is 1.96. The van der Waals surface area contributed by atoms with Crippen LogP contribution in [0.4, 0.5) is 0 Å². The number of allylic oxidation sites excluding steroid dienone is 5. The molecule has 2 aliphatic rings. The van der Waals surface area contributed by atoms with E-state index < -0.39 is 16.5 Å². The third kappa shape index (κ3) is 2.88. The van der Waals surface area contributed by atoms with E-state index in [2.05, 4.69) is 0 Å². The van der Waals surface area contributed by atoms with Crippen LogP contribution < -0.4 is 10.4 Å². The molecule has 0 radical (unpaired) electrons. The van der Waals surface area contributed by atoms with Crippen molar-refractivity contribution in [2.45, 2.75) is 25.4 Å². The molecule has 8 nitrogen and oxygen atoms in total. The second-order valence-electron chi connectivity index (χ2n) is 6.67. The van der Waals surface area contributed by atoms with Gasteiger partial charge in [0, 0.05) is 36.6 Å². The second kappa shape index (κ2) is 6.49. The van der Waals surface area contributed by atoms with Crippen molar-refractivity contribution in [1.29, 1.82) is 0 Å². The molecule has 8 heteroatoms. The van der Waals surface area contributed by atoms with E-state index in [4.69, 9.17) is 9.15 Å². The summed E-state index contributed by atoms with van der Waals surface area (Å²) in [6.07, 6.45) is 7.15. The predicted octanol–water partition coefficient (Wildman–Crippen LogP) is 3.22. The normalized spacial score (nSPS) is 21.0. The summed E-state index contributed by atoms with van der Waals surface area (Å²) < 4.78 is 10.9. The summed E-state index contributed by atoms with van der Waals surface area (Å²) in [5.41, 5.74) is -0.345. The van der Waals surface area contributed by atoms with E-state index in [-0.39, 0.29) is 52.0 Å². The lowest BCUT2D eigenvalue weighted by atomic mass is 9.91. The second-order valence-corrected chi connectivity index (χ2v) is 6.67. The summed E-state index contributed by atoms with van der Waals surface area (Å²) in [6.45, 7) is 1.73. The van der Waals surface area contributed by atoms with Crippen molar-refractivity contribution < 1.29 is 24.0 Å². The van der Waals surface area contributed by atoms with Gasteiger partial charge in [-0.3, -0.25) is 14.9 Å². The predicted molar refractivity (Wildman–Crippen MR) is 99.3 cm³/mol. The molecule has 2 aromatic rings. The van der Waals surface area contributed by atoms with Crippen molar-refractivity contribution in [2.24, 2.45) is 0 Å². The van der Waals surface area contributed by atoms with E-state index in [9.17, 15) is 24.8 Å². The maximum Gasteiger partial charge on any atom is 0.336 e. The van der Waals surface area contributed by atoms with Crippen LogP contribution in [0.3, 0.4) is 0 Å². The van der Waals surface area contributed by atoms with Crippen LogP contribution >= 0.6 is 0 Å². The van der Waals surface area contributed by atoms with E-state index in [1.54, 1.807) is 19.1 Å². The molecule has 142 valence electrons. The molecule has 0 fully saturated rings. The number of nitro groups is 1. The van der Waals surface area contributed by atoms with Gasteiger partial charge in [-0.25, -0.2) is 4.79 Å². The zero-order chi connectivity index (χ0) is 20.0. The first kappa shape index (κ1) is 17.7. The number of ketones is 1. The Kier molecular flexibility index (Phi) is 4.11. The molecule has 2 heterocycles. The van der Waals surface area contributed by atoms with Gasteiger partial charge in [-0.2, -0.15) is 0 Å². The van der Waals surface area contributed by atoms with Crippen LogP contribution in [0.25, 0.3) is 11.0 Å². The van der Waals surface area contributed by atoms with Crippen molar-refractivity contribution in [1.82, 2.24) is 0 Å². The minimum atomic E-state index is -0.699. The van der Waals surface area contributed by atoms with Gasteiger partial charge < -0.3 is 14.3 Å². The Morgan fingerprint density at radius 2 is 2.04 bits per heavy atom. The van der Waals surface area contributed by atoms with Gasteiger partial charge in [0.15, 0.2) is 11.4 Å². The first-order valence-electron chi connectivity index (χ1n) is 8.60. The van der Waals surface area contributed by atoms with Gasteiger partial charge in [0.05, 0.1) is 10.3 Å². The molecule has 0 bridgehead atoms. The van der Waals surface area contributed by atoms with Crippen LogP contribution in [0.1, 0.15) is 35.2 Å². The highest BCUT2D eigenvalue weighted by Gasteiger charge is 2.30. The van der Waals surface area contributed by atoms with Gasteiger partial charge in [0.25, 0.3) is 5.70 Å². The lowest BCUT2D eigenvalue weighted by Gasteiger charge is -2.24. The minimum absolute atomic E-state index is 0.0390. The molecule has 1 N–H and O–H groups in total. The number of carbonyl (C=O) groups is 1. The third-order valence-corrected chi connectivity index (χ3v) is 4.70. The smallest absolute Gasteiger partial charge is 0.336 e. The van der Waals surface area contributed by atoms with Crippen molar-refractivity contribution in [2.75, 3.05) is 0 Å². The number of carbonyl (C=O) groups excluding carboxylic acids is 1. The Morgan fingerprint density at radius 3 is 2.79 bits per heavy atom. The van der Waals surface area contributed by atoms with Crippen LogP contribution in [0.15, 0.2) is 57.4 Å². The Morgan fingerprint density at radius 1 is 1.25 bits per heavy atom. The number of ether oxygens (including phenoxy) is 1. The highest BCUT2D eigenvalue weighted by atomic mass is 16.6. The zero-order valence-electron chi connectivity index (χ0n) is 14.7. The molecule has 4 rings (SSSR count). The van der Waals surface area contributed by atoms with Gasteiger partial charge in [-0.1, -0.05) is 18.2 Å². The third-order valence-electron chi connectivity index (χ3n) is 4.70. The largest absolute Gasteiger partial charge is 0.507 e. The molecule has 0 saturated heterocycles. The molecule has 0 spiro atoms. The number of rotatable bonds is 2. The molecular formula is C20H15NO7. The van der Waals surface area contributed by atoms with Crippen molar-refractivity contribution in [3.63, 3.8) is 0 Å². The van der Waals surface area contributed by atoms with Gasteiger partial charge in [-0.15, -0.1) is 0 Å². The summed E-state index contributed by atoms with van der Waals surface area (Å²) in [5.74, 6) is -0.827. The van der Waals surface area contributed by atoms with Crippen LogP contribution in [-0.4, -0.2) is 21.9 Å².